The lowest BCUT2D eigenvalue weighted by atomic mass is 10.2. The summed E-state index contributed by atoms with van der Waals surface area (Å²) in [4.78, 5) is 16.9. The molecule has 0 radical (unpaired) electrons. The molecule has 0 aliphatic carbocycles. The largest absolute Gasteiger partial charge is 0.493 e. The average Bonchev–Trinajstić information content (AvgIpc) is 3.39. The third kappa shape index (κ3) is 4.04. The van der Waals surface area contributed by atoms with Crippen molar-refractivity contribution in [3.63, 3.8) is 0 Å². The molecule has 0 saturated carbocycles. The number of pyridine rings is 1. The summed E-state index contributed by atoms with van der Waals surface area (Å²) < 4.78 is 12.5. The highest BCUT2D eigenvalue weighted by Crippen LogP contribution is 2.33. The summed E-state index contributed by atoms with van der Waals surface area (Å²) in [5.41, 5.74) is 2.37. The van der Waals surface area contributed by atoms with Crippen molar-refractivity contribution in [3.05, 3.63) is 59.5 Å². The van der Waals surface area contributed by atoms with E-state index in [-0.39, 0.29) is 12.3 Å². The minimum atomic E-state index is -0.123. The van der Waals surface area contributed by atoms with E-state index in [4.69, 9.17) is 9.47 Å². The standard InChI is InChI=1S/C20H19N5O3S/c1-27-15-7-6-13(9-16(15)28-2)20-22-14(12-29-20)10-19(26)21-11-18-24-23-17-5-3-4-8-25(17)18/h3-9,12H,10-11H2,1-2H3,(H,21,26). The molecule has 148 valence electrons. The molecule has 0 atom stereocenters. The first-order chi connectivity index (χ1) is 14.2. The van der Waals surface area contributed by atoms with Gasteiger partial charge in [-0.3, -0.25) is 9.20 Å². The van der Waals surface area contributed by atoms with Crippen molar-refractivity contribution in [1.82, 2.24) is 24.9 Å². The first kappa shape index (κ1) is 18.9. The summed E-state index contributed by atoms with van der Waals surface area (Å²) in [7, 11) is 3.19. The quantitative estimate of drug-likeness (QED) is 0.505. The zero-order valence-corrected chi connectivity index (χ0v) is 16.8. The zero-order chi connectivity index (χ0) is 20.2. The van der Waals surface area contributed by atoms with Crippen LogP contribution in [-0.2, 0) is 17.8 Å². The third-order valence-corrected chi connectivity index (χ3v) is 5.29. The van der Waals surface area contributed by atoms with Gasteiger partial charge in [0.1, 0.15) is 5.01 Å². The lowest BCUT2D eigenvalue weighted by molar-refractivity contribution is -0.120. The Bertz CT molecular complexity index is 1150. The highest BCUT2D eigenvalue weighted by molar-refractivity contribution is 7.13. The fourth-order valence-corrected chi connectivity index (χ4v) is 3.72. The molecule has 0 bridgehead atoms. The molecule has 0 aliphatic rings. The first-order valence-electron chi connectivity index (χ1n) is 8.90. The molecule has 4 aromatic rings. The molecule has 3 aromatic heterocycles. The number of nitrogens with one attached hydrogen (secondary N) is 1. The Morgan fingerprint density at radius 3 is 2.83 bits per heavy atom. The molecule has 9 heteroatoms. The van der Waals surface area contributed by atoms with Crippen molar-refractivity contribution in [1.29, 1.82) is 0 Å². The van der Waals surface area contributed by atoms with Crippen LogP contribution in [0.2, 0.25) is 0 Å². The van der Waals surface area contributed by atoms with Gasteiger partial charge < -0.3 is 14.8 Å². The van der Waals surface area contributed by atoms with Crippen molar-refractivity contribution >= 4 is 22.9 Å². The second kappa shape index (κ2) is 8.27. The predicted octanol–water partition coefficient (Wildman–Crippen LogP) is 2.73. The molecule has 3 heterocycles. The van der Waals surface area contributed by atoms with Crippen LogP contribution in [0.1, 0.15) is 11.5 Å². The van der Waals surface area contributed by atoms with Gasteiger partial charge in [0.2, 0.25) is 5.91 Å². The Kier molecular flexibility index (Phi) is 5.39. The van der Waals surface area contributed by atoms with Crippen LogP contribution in [0.3, 0.4) is 0 Å². The fraction of sp³-hybridized carbons (Fsp3) is 0.200. The molecule has 1 N–H and O–H groups in total. The zero-order valence-electron chi connectivity index (χ0n) is 16.0. The Morgan fingerprint density at radius 1 is 1.14 bits per heavy atom. The molecular weight excluding hydrogens is 390 g/mol. The minimum absolute atomic E-state index is 0.123. The maximum atomic E-state index is 12.3. The van der Waals surface area contributed by atoms with Crippen LogP contribution in [0.25, 0.3) is 16.2 Å². The van der Waals surface area contributed by atoms with Gasteiger partial charge in [-0.1, -0.05) is 6.07 Å². The maximum absolute atomic E-state index is 12.3. The maximum Gasteiger partial charge on any atom is 0.226 e. The van der Waals surface area contributed by atoms with Crippen LogP contribution in [0.5, 0.6) is 11.5 Å². The number of rotatable bonds is 7. The number of methoxy groups -OCH3 is 2. The van der Waals surface area contributed by atoms with Crippen molar-refractivity contribution < 1.29 is 14.3 Å². The Balaban J connectivity index is 1.40. The third-order valence-electron chi connectivity index (χ3n) is 4.35. The van der Waals surface area contributed by atoms with Crippen LogP contribution >= 0.6 is 11.3 Å². The first-order valence-corrected chi connectivity index (χ1v) is 9.78. The van der Waals surface area contributed by atoms with Crippen molar-refractivity contribution in [2.75, 3.05) is 14.2 Å². The Labute approximate surface area is 171 Å². The molecular formula is C20H19N5O3S. The van der Waals surface area contributed by atoms with E-state index in [1.165, 1.54) is 11.3 Å². The molecule has 4 rings (SSSR count). The van der Waals surface area contributed by atoms with Gasteiger partial charge in [-0.2, -0.15) is 0 Å². The number of aromatic nitrogens is 4. The lowest BCUT2D eigenvalue weighted by Crippen LogP contribution is -2.25. The summed E-state index contributed by atoms with van der Waals surface area (Å²) in [6.07, 6.45) is 2.06. The molecule has 0 spiro atoms. The van der Waals surface area contributed by atoms with E-state index in [1.807, 2.05) is 52.4 Å². The SMILES string of the molecule is COc1ccc(-c2nc(CC(=O)NCc3nnc4ccccn34)cs2)cc1OC. The van der Waals surface area contributed by atoms with E-state index >= 15 is 0 Å². The molecule has 29 heavy (non-hydrogen) atoms. The Hall–Kier alpha value is -3.46. The number of carbonyl (C=O) groups excluding carboxylic acids is 1. The average molecular weight is 409 g/mol. The number of benzene rings is 1. The van der Waals surface area contributed by atoms with Crippen LogP contribution in [-0.4, -0.2) is 39.7 Å². The number of amides is 1. The summed E-state index contributed by atoms with van der Waals surface area (Å²) in [6, 6.07) is 11.3. The molecule has 8 nitrogen and oxygen atoms in total. The Morgan fingerprint density at radius 2 is 2.00 bits per heavy atom. The van der Waals surface area contributed by atoms with Gasteiger partial charge in [-0.15, -0.1) is 21.5 Å². The fourth-order valence-electron chi connectivity index (χ4n) is 2.91. The highest BCUT2D eigenvalue weighted by Gasteiger charge is 2.12. The number of ether oxygens (including phenoxy) is 2. The molecule has 0 aliphatic heterocycles. The monoisotopic (exact) mass is 409 g/mol. The number of thiazole rings is 1. The predicted molar refractivity (Wildman–Crippen MR) is 109 cm³/mol. The molecule has 0 unspecified atom stereocenters. The van der Waals surface area contributed by atoms with Gasteiger partial charge in [-0.05, 0) is 30.3 Å². The van der Waals surface area contributed by atoms with E-state index in [0.29, 0.717) is 29.6 Å². The van der Waals surface area contributed by atoms with Gasteiger partial charge in [0, 0.05) is 17.1 Å². The van der Waals surface area contributed by atoms with E-state index < -0.39 is 0 Å². The van der Waals surface area contributed by atoms with E-state index in [0.717, 1.165) is 16.2 Å². The number of fused-ring (bicyclic) bond motifs is 1. The van der Waals surface area contributed by atoms with Crippen LogP contribution in [0, 0.1) is 0 Å². The van der Waals surface area contributed by atoms with E-state index in [2.05, 4.69) is 20.5 Å². The summed E-state index contributed by atoms with van der Waals surface area (Å²) in [6.45, 7) is 0.302. The summed E-state index contributed by atoms with van der Waals surface area (Å²) in [5, 5.41) is 13.8. The summed E-state index contributed by atoms with van der Waals surface area (Å²) >= 11 is 1.48. The minimum Gasteiger partial charge on any atom is -0.493 e. The second-order valence-corrected chi connectivity index (χ2v) is 7.07. The molecule has 0 fully saturated rings. The number of hydrogen-bond donors (Lipinski definition) is 1. The smallest absolute Gasteiger partial charge is 0.226 e. The number of hydrogen-bond acceptors (Lipinski definition) is 7. The van der Waals surface area contributed by atoms with Gasteiger partial charge in [0.05, 0.1) is 32.9 Å². The highest BCUT2D eigenvalue weighted by atomic mass is 32.1. The van der Waals surface area contributed by atoms with Crippen LogP contribution in [0.4, 0.5) is 0 Å². The van der Waals surface area contributed by atoms with Gasteiger partial charge in [0.15, 0.2) is 23.0 Å². The van der Waals surface area contributed by atoms with Gasteiger partial charge in [0.25, 0.3) is 0 Å². The lowest BCUT2D eigenvalue weighted by Gasteiger charge is -2.08. The second-order valence-electron chi connectivity index (χ2n) is 6.21. The summed E-state index contributed by atoms with van der Waals surface area (Å²) in [5.74, 6) is 1.86. The molecule has 1 aromatic carbocycles. The van der Waals surface area contributed by atoms with E-state index in [9.17, 15) is 4.79 Å². The van der Waals surface area contributed by atoms with Crippen LogP contribution in [0.15, 0.2) is 48.0 Å². The molecule has 1 amide bonds. The van der Waals surface area contributed by atoms with Crippen molar-refractivity contribution in [3.8, 4) is 22.1 Å². The topological polar surface area (TPSA) is 90.6 Å². The van der Waals surface area contributed by atoms with Gasteiger partial charge >= 0.3 is 0 Å². The number of nitrogens with zero attached hydrogens (tertiary/aromatic N) is 4. The van der Waals surface area contributed by atoms with Crippen molar-refractivity contribution in [2.45, 2.75) is 13.0 Å². The normalized spacial score (nSPS) is 10.8. The van der Waals surface area contributed by atoms with E-state index in [1.54, 1.807) is 14.2 Å². The van der Waals surface area contributed by atoms with Crippen LogP contribution < -0.4 is 14.8 Å². The van der Waals surface area contributed by atoms with Gasteiger partial charge in [-0.25, -0.2) is 4.98 Å². The van der Waals surface area contributed by atoms with Crippen molar-refractivity contribution in [2.24, 2.45) is 0 Å². The molecule has 0 saturated heterocycles. The number of carbonyl (C=O) groups is 1.